The van der Waals surface area contributed by atoms with Crippen molar-refractivity contribution in [3.05, 3.63) is 66.2 Å². The zero-order valence-corrected chi connectivity index (χ0v) is 18.4. The van der Waals surface area contributed by atoms with Crippen molar-refractivity contribution in [3.8, 4) is 17.1 Å². The molecule has 0 fully saturated rings. The first-order chi connectivity index (χ1) is 15.3. The SMILES string of the molecule is CCN(CC)c1ccc2[o+]c3c(cc2c1)COc1ccc2ccccc2c1-3.[O-][Cl+3]([O-])([O-])[O-]. The highest BCUT2D eigenvalue weighted by Crippen LogP contribution is 2.44. The van der Waals surface area contributed by atoms with Gasteiger partial charge in [-0.1, -0.05) is 30.3 Å². The number of halogens is 1. The predicted molar refractivity (Wildman–Crippen MR) is 111 cm³/mol. The lowest BCUT2D eigenvalue weighted by molar-refractivity contribution is -2.00. The van der Waals surface area contributed by atoms with Crippen LogP contribution in [0.15, 0.2) is 65.1 Å². The average Bonchev–Trinajstić information content (AvgIpc) is 2.77. The third-order valence-corrected chi connectivity index (χ3v) is 5.46. The van der Waals surface area contributed by atoms with Crippen LogP contribution >= 0.6 is 0 Å². The van der Waals surface area contributed by atoms with Gasteiger partial charge in [0.25, 0.3) is 0 Å². The zero-order chi connectivity index (χ0) is 22.9. The molecule has 3 aromatic carbocycles. The molecule has 7 nitrogen and oxygen atoms in total. The van der Waals surface area contributed by atoms with Crippen molar-refractivity contribution < 1.29 is 38.0 Å². The monoisotopic (exact) mass is 455 g/mol. The number of hydrogen-bond donors (Lipinski definition) is 0. The summed E-state index contributed by atoms with van der Waals surface area (Å²) in [4.78, 5) is 2.35. The molecule has 0 saturated carbocycles. The van der Waals surface area contributed by atoms with Gasteiger partial charge in [0.15, 0.2) is 0 Å². The van der Waals surface area contributed by atoms with Gasteiger partial charge in [0.05, 0.1) is 10.9 Å². The van der Waals surface area contributed by atoms with Gasteiger partial charge in [-0.25, -0.2) is 23.1 Å². The topological polar surface area (TPSA) is 116 Å². The minimum absolute atomic E-state index is 0.537. The van der Waals surface area contributed by atoms with E-state index in [9.17, 15) is 0 Å². The molecule has 1 aliphatic heterocycles. The molecule has 1 aromatic heterocycles. The molecule has 0 unspecified atom stereocenters. The third-order valence-electron chi connectivity index (χ3n) is 5.46. The molecule has 1 aliphatic rings. The first-order valence-corrected chi connectivity index (χ1v) is 11.4. The molecule has 0 bridgehead atoms. The Morgan fingerprint density at radius 2 is 1.62 bits per heavy atom. The van der Waals surface area contributed by atoms with E-state index < -0.39 is 10.2 Å². The van der Waals surface area contributed by atoms with Crippen LogP contribution in [0.25, 0.3) is 33.1 Å². The van der Waals surface area contributed by atoms with Crippen LogP contribution in [-0.2, 0) is 6.61 Å². The van der Waals surface area contributed by atoms with E-state index in [4.69, 9.17) is 27.8 Å². The van der Waals surface area contributed by atoms with Crippen LogP contribution in [0.1, 0.15) is 19.4 Å². The van der Waals surface area contributed by atoms with Crippen LogP contribution in [0.3, 0.4) is 0 Å². The smallest absolute Gasteiger partial charge is 0.371 e. The van der Waals surface area contributed by atoms with Crippen molar-refractivity contribution in [3.63, 3.8) is 0 Å². The number of ether oxygens (including phenoxy) is 1. The molecule has 0 amide bonds. The molecule has 2 heterocycles. The Morgan fingerprint density at radius 3 is 2.34 bits per heavy atom. The Kier molecular flexibility index (Phi) is 6.19. The summed E-state index contributed by atoms with van der Waals surface area (Å²) in [6.45, 7) is 6.89. The molecule has 0 N–H and O–H groups in total. The minimum atomic E-state index is -4.94. The van der Waals surface area contributed by atoms with Gasteiger partial charge in [0.2, 0.25) is 0 Å². The Labute approximate surface area is 187 Å². The summed E-state index contributed by atoms with van der Waals surface area (Å²) in [5, 5.41) is 3.48. The van der Waals surface area contributed by atoms with Gasteiger partial charge in [-0.15, -0.1) is 10.2 Å². The summed E-state index contributed by atoms with van der Waals surface area (Å²) < 4.78 is 46.5. The molecular formula is C24H22ClNO6. The quantitative estimate of drug-likeness (QED) is 0.430. The summed E-state index contributed by atoms with van der Waals surface area (Å²) in [5.74, 6) is 1.82. The molecule has 32 heavy (non-hydrogen) atoms. The molecule has 0 saturated heterocycles. The third kappa shape index (κ3) is 4.62. The first-order valence-electron chi connectivity index (χ1n) is 10.2. The van der Waals surface area contributed by atoms with E-state index in [1.165, 1.54) is 16.5 Å². The Morgan fingerprint density at radius 1 is 0.906 bits per heavy atom. The number of fused-ring (bicyclic) bond motifs is 6. The number of hydrogen-bond acceptors (Lipinski definition) is 6. The maximum atomic E-state index is 8.49. The number of nitrogens with zero attached hydrogens (tertiary/aromatic N) is 1. The second-order valence-electron chi connectivity index (χ2n) is 7.32. The van der Waals surface area contributed by atoms with Crippen LogP contribution in [0.5, 0.6) is 5.75 Å². The van der Waals surface area contributed by atoms with Crippen LogP contribution in [0, 0.1) is 10.2 Å². The summed E-state index contributed by atoms with van der Waals surface area (Å²) in [7, 11) is -4.94. The zero-order valence-electron chi connectivity index (χ0n) is 17.7. The molecule has 0 radical (unpaired) electrons. The number of rotatable bonds is 3. The van der Waals surface area contributed by atoms with Crippen LogP contribution in [-0.4, -0.2) is 13.1 Å². The van der Waals surface area contributed by atoms with Crippen molar-refractivity contribution in [2.75, 3.05) is 18.0 Å². The van der Waals surface area contributed by atoms with Gasteiger partial charge in [0, 0.05) is 30.2 Å². The normalized spacial score (nSPS) is 12.4. The summed E-state index contributed by atoms with van der Waals surface area (Å²) >= 11 is 0. The van der Waals surface area contributed by atoms with E-state index in [0.29, 0.717) is 6.61 Å². The van der Waals surface area contributed by atoms with Crippen LogP contribution in [0.4, 0.5) is 5.69 Å². The lowest BCUT2D eigenvalue weighted by Crippen LogP contribution is -2.68. The van der Waals surface area contributed by atoms with E-state index in [2.05, 4.69) is 73.3 Å². The molecule has 4 aromatic rings. The number of benzene rings is 3. The summed E-state index contributed by atoms with van der Waals surface area (Å²) in [5.41, 5.74) is 4.29. The van der Waals surface area contributed by atoms with Gasteiger partial charge in [-0.2, -0.15) is 0 Å². The summed E-state index contributed by atoms with van der Waals surface area (Å²) in [6.07, 6.45) is 0. The van der Waals surface area contributed by atoms with E-state index >= 15 is 0 Å². The Bertz CT molecular complexity index is 1260. The van der Waals surface area contributed by atoms with Crippen molar-refractivity contribution in [2.45, 2.75) is 20.5 Å². The fourth-order valence-electron chi connectivity index (χ4n) is 4.04. The predicted octanol–water partition coefficient (Wildman–Crippen LogP) is 1.52. The standard InChI is InChI=1S/C24H22NO2.ClHO4/c1-3-25(4-2)19-10-12-21-17(14-19)13-18-15-26-22-11-9-16-7-5-6-8-20(16)23(22)24(18)27-21;2-1(3,4)5/h5-14H,3-4,15H2,1-2H3;(H,2,3,4,5)/q+1;/p-1. The minimum Gasteiger partial charge on any atom is -0.488 e. The lowest BCUT2D eigenvalue weighted by Gasteiger charge is -2.21. The highest BCUT2D eigenvalue weighted by Gasteiger charge is 2.31. The fraction of sp³-hybridized carbons (Fsp3) is 0.208. The second-order valence-corrected chi connectivity index (χ2v) is 8.08. The van der Waals surface area contributed by atoms with Crippen molar-refractivity contribution in [1.29, 1.82) is 0 Å². The summed E-state index contributed by atoms with van der Waals surface area (Å²) in [6, 6.07) is 21.2. The number of anilines is 1. The molecule has 8 heteroatoms. The van der Waals surface area contributed by atoms with Crippen LogP contribution < -0.4 is 28.3 Å². The highest BCUT2D eigenvalue weighted by atomic mass is 35.7. The molecule has 0 aliphatic carbocycles. The van der Waals surface area contributed by atoms with Crippen molar-refractivity contribution in [1.82, 2.24) is 0 Å². The second kappa shape index (κ2) is 8.90. The van der Waals surface area contributed by atoms with E-state index in [1.807, 2.05) is 6.07 Å². The highest BCUT2D eigenvalue weighted by molar-refractivity contribution is 6.00. The molecule has 5 rings (SSSR count). The Balaban J connectivity index is 0.000000444. The van der Waals surface area contributed by atoms with Crippen molar-refractivity contribution >= 4 is 27.4 Å². The molecule has 166 valence electrons. The lowest BCUT2D eigenvalue weighted by atomic mass is 9.96. The average molecular weight is 456 g/mol. The molecular weight excluding hydrogens is 434 g/mol. The van der Waals surface area contributed by atoms with Gasteiger partial charge < -0.3 is 9.64 Å². The maximum absolute atomic E-state index is 8.49. The largest absolute Gasteiger partial charge is 0.488 e. The van der Waals surface area contributed by atoms with E-state index in [0.717, 1.165) is 46.7 Å². The molecule has 0 atom stereocenters. The molecule has 0 spiro atoms. The maximum Gasteiger partial charge on any atom is 0.371 e. The van der Waals surface area contributed by atoms with E-state index in [-0.39, 0.29) is 0 Å². The fourth-order valence-corrected chi connectivity index (χ4v) is 4.04. The van der Waals surface area contributed by atoms with Crippen molar-refractivity contribution in [2.24, 2.45) is 0 Å². The van der Waals surface area contributed by atoms with Gasteiger partial charge in [-0.3, -0.25) is 0 Å². The van der Waals surface area contributed by atoms with Gasteiger partial charge >= 0.3 is 11.3 Å². The first kappa shape index (κ1) is 22.3. The van der Waals surface area contributed by atoms with Gasteiger partial charge in [0.1, 0.15) is 17.9 Å². The Hall–Kier alpha value is -2.94. The van der Waals surface area contributed by atoms with Gasteiger partial charge in [-0.05, 0) is 43.5 Å². The van der Waals surface area contributed by atoms with E-state index in [1.54, 1.807) is 0 Å². The van der Waals surface area contributed by atoms with Crippen LogP contribution in [0.2, 0.25) is 0 Å².